The molecule has 1 saturated carbocycles. The molecule has 0 bridgehead atoms. The molecular formula is C24H30N4O5. The number of carbonyl (C=O) groups excluding carboxylic acids is 3. The third-order valence-corrected chi connectivity index (χ3v) is 6.49. The van der Waals surface area contributed by atoms with E-state index in [0.29, 0.717) is 6.61 Å². The summed E-state index contributed by atoms with van der Waals surface area (Å²) in [7, 11) is 1.25. The molecular weight excluding hydrogens is 424 g/mol. The maximum Gasteiger partial charge on any atom is 0.359 e. The molecule has 1 N–H and O–H groups in total. The van der Waals surface area contributed by atoms with Crippen LogP contribution in [0.2, 0.25) is 0 Å². The molecule has 1 atom stereocenters. The summed E-state index contributed by atoms with van der Waals surface area (Å²) < 4.78 is 11.9. The van der Waals surface area contributed by atoms with E-state index in [1.807, 2.05) is 31.2 Å². The molecule has 33 heavy (non-hydrogen) atoms. The number of benzene rings is 1. The quantitative estimate of drug-likeness (QED) is 0.645. The molecule has 2 amide bonds. The van der Waals surface area contributed by atoms with Crippen molar-refractivity contribution >= 4 is 17.8 Å². The summed E-state index contributed by atoms with van der Waals surface area (Å²) in [5.74, 6) is -0.582. The molecule has 1 aliphatic carbocycles. The van der Waals surface area contributed by atoms with Crippen LogP contribution < -0.4 is 10.1 Å². The lowest BCUT2D eigenvalue weighted by molar-refractivity contribution is -0.134. The van der Waals surface area contributed by atoms with Gasteiger partial charge < -0.3 is 24.3 Å². The van der Waals surface area contributed by atoms with Gasteiger partial charge in [0.05, 0.1) is 26.6 Å². The van der Waals surface area contributed by atoms with Crippen molar-refractivity contribution in [2.45, 2.75) is 64.2 Å². The normalized spacial score (nSPS) is 20.5. The summed E-state index contributed by atoms with van der Waals surface area (Å²) in [6.45, 7) is 4.63. The van der Waals surface area contributed by atoms with Crippen LogP contribution in [0.15, 0.2) is 30.6 Å². The van der Waals surface area contributed by atoms with Gasteiger partial charge in [-0.3, -0.25) is 9.59 Å². The third-order valence-electron chi connectivity index (χ3n) is 6.49. The van der Waals surface area contributed by atoms with Gasteiger partial charge in [0, 0.05) is 12.6 Å². The Kier molecular flexibility index (Phi) is 6.40. The molecule has 0 spiro atoms. The van der Waals surface area contributed by atoms with Gasteiger partial charge in [0.15, 0.2) is 5.69 Å². The number of nitrogens with one attached hydrogen (secondary N) is 1. The first kappa shape index (κ1) is 22.8. The van der Waals surface area contributed by atoms with Crippen molar-refractivity contribution in [2.24, 2.45) is 0 Å². The van der Waals surface area contributed by atoms with E-state index < -0.39 is 17.4 Å². The van der Waals surface area contributed by atoms with Crippen molar-refractivity contribution in [3.63, 3.8) is 0 Å². The zero-order valence-corrected chi connectivity index (χ0v) is 19.3. The zero-order valence-electron chi connectivity index (χ0n) is 19.3. The Bertz CT molecular complexity index is 1040. The minimum Gasteiger partial charge on any atom is -0.494 e. The highest BCUT2D eigenvalue weighted by Gasteiger charge is 2.49. The molecule has 1 aromatic carbocycles. The highest BCUT2D eigenvalue weighted by atomic mass is 16.5. The van der Waals surface area contributed by atoms with Crippen LogP contribution in [0.1, 0.15) is 66.1 Å². The average Bonchev–Trinajstić information content (AvgIpc) is 3.47. The topological polar surface area (TPSA) is 103 Å². The first-order valence-electron chi connectivity index (χ1n) is 11.4. The van der Waals surface area contributed by atoms with Crippen LogP contribution in [-0.4, -0.2) is 57.5 Å². The number of carbonyl (C=O) groups is 3. The van der Waals surface area contributed by atoms with E-state index in [2.05, 4.69) is 10.3 Å². The number of fused-ring (bicyclic) bond motifs is 1. The number of nitrogens with zero attached hydrogens (tertiary/aromatic N) is 3. The van der Waals surface area contributed by atoms with E-state index in [1.54, 1.807) is 11.5 Å². The minimum absolute atomic E-state index is 0.0440. The van der Waals surface area contributed by atoms with E-state index in [9.17, 15) is 14.4 Å². The highest BCUT2D eigenvalue weighted by Crippen LogP contribution is 2.32. The minimum atomic E-state index is -1.15. The van der Waals surface area contributed by atoms with Gasteiger partial charge in [0.1, 0.15) is 17.0 Å². The maximum absolute atomic E-state index is 13.7. The first-order valence-corrected chi connectivity index (χ1v) is 11.4. The standard InChI is InChI=1S/C24H30N4O5/c1-4-33-18-11-9-16(10-12-18)13-28-21(29)20-19(22(30)32-3)25-15-27(20)14-24(28,2)23(31)26-17-7-5-6-8-17/h9-12,15,17H,4-8,13-14H2,1-3H3,(H,26,31). The summed E-state index contributed by atoms with van der Waals surface area (Å²) >= 11 is 0. The Morgan fingerprint density at radius 3 is 2.55 bits per heavy atom. The fourth-order valence-electron chi connectivity index (χ4n) is 4.63. The van der Waals surface area contributed by atoms with Gasteiger partial charge in [-0.1, -0.05) is 25.0 Å². The lowest BCUT2D eigenvalue weighted by Gasteiger charge is -2.44. The molecule has 1 aliphatic heterocycles. The van der Waals surface area contributed by atoms with Crippen LogP contribution in [-0.2, 0) is 22.6 Å². The van der Waals surface area contributed by atoms with Crippen LogP contribution in [0.4, 0.5) is 0 Å². The Morgan fingerprint density at radius 2 is 1.91 bits per heavy atom. The second-order valence-corrected chi connectivity index (χ2v) is 8.76. The van der Waals surface area contributed by atoms with Crippen LogP contribution in [0.25, 0.3) is 0 Å². The molecule has 2 aliphatic rings. The summed E-state index contributed by atoms with van der Waals surface area (Å²) in [5, 5.41) is 3.14. The summed E-state index contributed by atoms with van der Waals surface area (Å²) in [5.41, 5.74) is -0.213. The van der Waals surface area contributed by atoms with Crippen molar-refractivity contribution < 1.29 is 23.9 Å². The zero-order chi connectivity index (χ0) is 23.6. The van der Waals surface area contributed by atoms with E-state index in [1.165, 1.54) is 18.3 Å². The monoisotopic (exact) mass is 454 g/mol. The number of ether oxygens (including phenoxy) is 2. The predicted octanol–water partition coefficient (Wildman–Crippen LogP) is 2.54. The average molecular weight is 455 g/mol. The lowest BCUT2D eigenvalue weighted by atomic mass is 9.93. The first-order chi connectivity index (χ1) is 15.9. The van der Waals surface area contributed by atoms with E-state index in [-0.39, 0.29) is 36.4 Å². The van der Waals surface area contributed by atoms with Crippen LogP contribution >= 0.6 is 0 Å². The van der Waals surface area contributed by atoms with E-state index in [0.717, 1.165) is 37.0 Å². The fraction of sp³-hybridized carbons (Fsp3) is 0.500. The van der Waals surface area contributed by atoms with Crippen LogP contribution in [0.5, 0.6) is 5.75 Å². The number of hydrogen-bond donors (Lipinski definition) is 1. The molecule has 9 nitrogen and oxygen atoms in total. The second-order valence-electron chi connectivity index (χ2n) is 8.76. The number of hydrogen-bond acceptors (Lipinski definition) is 6. The molecule has 0 saturated heterocycles. The number of amides is 2. The van der Waals surface area contributed by atoms with Crippen molar-refractivity contribution in [3.8, 4) is 5.75 Å². The lowest BCUT2D eigenvalue weighted by Crippen LogP contribution is -2.64. The maximum atomic E-state index is 13.7. The van der Waals surface area contributed by atoms with E-state index in [4.69, 9.17) is 9.47 Å². The number of imidazole rings is 1. The smallest absolute Gasteiger partial charge is 0.359 e. The summed E-state index contributed by atoms with van der Waals surface area (Å²) in [6, 6.07) is 7.55. The number of aromatic nitrogens is 2. The van der Waals surface area contributed by atoms with Crippen molar-refractivity contribution in [1.82, 2.24) is 19.8 Å². The van der Waals surface area contributed by atoms with Crippen LogP contribution in [0.3, 0.4) is 0 Å². The molecule has 0 radical (unpaired) electrons. The molecule has 9 heteroatoms. The summed E-state index contributed by atoms with van der Waals surface area (Å²) in [4.78, 5) is 45.1. The van der Waals surface area contributed by atoms with Gasteiger partial charge >= 0.3 is 5.97 Å². The molecule has 176 valence electrons. The van der Waals surface area contributed by atoms with Gasteiger partial charge in [-0.15, -0.1) is 0 Å². The Labute approximate surface area is 193 Å². The van der Waals surface area contributed by atoms with Gasteiger partial charge in [-0.2, -0.15) is 0 Å². The molecule has 1 unspecified atom stereocenters. The number of rotatable bonds is 7. The number of methoxy groups -OCH3 is 1. The second kappa shape index (κ2) is 9.25. The fourth-order valence-corrected chi connectivity index (χ4v) is 4.63. The van der Waals surface area contributed by atoms with Gasteiger partial charge in [0.2, 0.25) is 5.91 Å². The highest BCUT2D eigenvalue weighted by molar-refractivity contribution is 6.06. The van der Waals surface area contributed by atoms with Crippen molar-refractivity contribution in [3.05, 3.63) is 47.5 Å². The molecule has 2 aromatic rings. The Balaban J connectivity index is 1.69. The van der Waals surface area contributed by atoms with Crippen molar-refractivity contribution in [2.75, 3.05) is 13.7 Å². The molecule has 1 fully saturated rings. The van der Waals surface area contributed by atoms with Crippen molar-refractivity contribution in [1.29, 1.82) is 0 Å². The third kappa shape index (κ3) is 4.31. The molecule has 4 rings (SSSR count). The van der Waals surface area contributed by atoms with Gasteiger partial charge in [-0.05, 0) is 44.4 Å². The molecule has 1 aromatic heterocycles. The Hall–Kier alpha value is -3.36. The largest absolute Gasteiger partial charge is 0.494 e. The Morgan fingerprint density at radius 1 is 1.21 bits per heavy atom. The SMILES string of the molecule is CCOc1ccc(CN2C(=O)c3c(C(=O)OC)ncn3CC2(C)C(=O)NC2CCCC2)cc1. The van der Waals surface area contributed by atoms with Crippen LogP contribution in [0, 0.1) is 0 Å². The van der Waals surface area contributed by atoms with Gasteiger partial charge in [-0.25, -0.2) is 9.78 Å². The summed E-state index contributed by atoms with van der Waals surface area (Å²) in [6.07, 6.45) is 5.49. The van der Waals surface area contributed by atoms with E-state index >= 15 is 0 Å². The number of esters is 1. The van der Waals surface area contributed by atoms with Gasteiger partial charge in [0.25, 0.3) is 5.91 Å². The predicted molar refractivity (Wildman–Crippen MR) is 120 cm³/mol. The molecule has 2 heterocycles.